The topological polar surface area (TPSA) is 84.0 Å². The largest absolute Gasteiger partial charge is 0.289 e. The molecule has 2 heterocycles. The molecule has 0 saturated heterocycles. The number of benzene rings is 2. The van der Waals surface area contributed by atoms with E-state index in [4.69, 9.17) is 0 Å². The molecule has 0 fully saturated rings. The number of fused-ring (bicyclic) bond motifs is 1. The number of carbonyl (C=O) groups is 2. The van der Waals surface area contributed by atoms with Crippen molar-refractivity contribution >= 4 is 34.1 Å². The fourth-order valence-electron chi connectivity index (χ4n) is 2.53. The minimum atomic E-state index is -0.493. The van der Waals surface area contributed by atoms with Gasteiger partial charge in [-0.15, -0.1) is 11.3 Å². The normalized spacial score (nSPS) is 10.5. The second kappa shape index (κ2) is 7.35. The molecule has 4 rings (SSSR count). The third-order valence-electron chi connectivity index (χ3n) is 3.88. The van der Waals surface area contributed by atoms with Gasteiger partial charge in [0.15, 0.2) is 0 Å². The molecule has 0 aliphatic rings. The Labute approximate surface area is 158 Å². The first-order valence-electron chi connectivity index (χ1n) is 8.18. The van der Waals surface area contributed by atoms with Gasteiger partial charge in [0.2, 0.25) is 0 Å². The monoisotopic (exact) mass is 374 g/mol. The molecule has 0 atom stereocenters. The van der Waals surface area contributed by atoms with Crippen LogP contribution >= 0.6 is 11.3 Å². The first-order chi connectivity index (χ1) is 13.2. The standard InChI is InChI=1S/C20H14N4O2S/c25-18(16-11-10-13-6-4-5-9-15(13)21-16)23-24-19(26)17-12-27-20(22-17)14-7-2-1-3-8-14/h1-12H,(H,23,25)(H,24,26). The Hall–Kier alpha value is -3.58. The number of hydrogen-bond acceptors (Lipinski definition) is 5. The molecular weight excluding hydrogens is 360 g/mol. The number of nitrogens with zero attached hydrogens (tertiary/aromatic N) is 2. The second-order valence-corrected chi connectivity index (χ2v) is 6.56. The van der Waals surface area contributed by atoms with Crippen molar-refractivity contribution in [2.45, 2.75) is 0 Å². The van der Waals surface area contributed by atoms with Crippen molar-refractivity contribution in [3.05, 3.63) is 83.5 Å². The third kappa shape index (κ3) is 3.68. The predicted octanol–water partition coefficient (Wildman–Crippen LogP) is 3.43. The second-order valence-electron chi connectivity index (χ2n) is 5.70. The fourth-order valence-corrected chi connectivity index (χ4v) is 3.33. The summed E-state index contributed by atoms with van der Waals surface area (Å²) in [5, 5.41) is 3.33. The van der Waals surface area contributed by atoms with Crippen LogP contribution in [0.1, 0.15) is 21.0 Å². The van der Waals surface area contributed by atoms with Crippen molar-refractivity contribution in [3.8, 4) is 10.6 Å². The lowest BCUT2D eigenvalue weighted by molar-refractivity contribution is 0.0842. The van der Waals surface area contributed by atoms with E-state index in [1.807, 2.05) is 60.7 Å². The lowest BCUT2D eigenvalue weighted by Gasteiger charge is -2.06. The van der Waals surface area contributed by atoms with E-state index in [0.29, 0.717) is 5.52 Å². The van der Waals surface area contributed by atoms with Crippen LogP contribution in [0.4, 0.5) is 0 Å². The average molecular weight is 374 g/mol. The van der Waals surface area contributed by atoms with Crippen LogP contribution in [0.15, 0.2) is 72.1 Å². The zero-order valence-electron chi connectivity index (χ0n) is 14.0. The number of para-hydroxylation sites is 1. The SMILES string of the molecule is O=C(NNC(=O)c1ccc2ccccc2n1)c1csc(-c2ccccc2)n1. The van der Waals surface area contributed by atoms with Gasteiger partial charge in [-0.1, -0.05) is 54.6 Å². The molecule has 0 radical (unpaired) electrons. The van der Waals surface area contributed by atoms with Gasteiger partial charge in [0.1, 0.15) is 16.4 Å². The molecule has 6 nitrogen and oxygen atoms in total. The lowest BCUT2D eigenvalue weighted by Crippen LogP contribution is -2.42. The molecule has 0 aliphatic heterocycles. The van der Waals surface area contributed by atoms with E-state index < -0.39 is 11.8 Å². The van der Waals surface area contributed by atoms with Crippen LogP contribution < -0.4 is 10.9 Å². The molecule has 4 aromatic rings. The van der Waals surface area contributed by atoms with Gasteiger partial charge in [-0.2, -0.15) is 0 Å². The van der Waals surface area contributed by atoms with E-state index in [9.17, 15) is 9.59 Å². The van der Waals surface area contributed by atoms with Gasteiger partial charge >= 0.3 is 0 Å². The van der Waals surface area contributed by atoms with Crippen molar-refractivity contribution < 1.29 is 9.59 Å². The highest BCUT2D eigenvalue weighted by atomic mass is 32.1. The summed E-state index contributed by atoms with van der Waals surface area (Å²) in [4.78, 5) is 33.1. The number of carbonyl (C=O) groups excluding carboxylic acids is 2. The summed E-state index contributed by atoms with van der Waals surface area (Å²) >= 11 is 1.37. The van der Waals surface area contributed by atoms with Crippen molar-refractivity contribution in [1.29, 1.82) is 0 Å². The molecule has 2 amide bonds. The van der Waals surface area contributed by atoms with Crippen molar-refractivity contribution in [3.63, 3.8) is 0 Å². The molecule has 2 aromatic heterocycles. The van der Waals surface area contributed by atoms with Gasteiger partial charge in [0.25, 0.3) is 11.8 Å². The Kier molecular flexibility index (Phi) is 4.59. The molecule has 0 saturated carbocycles. The smallest absolute Gasteiger partial charge is 0.266 e. The van der Waals surface area contributed by atoms with E-state index in [1.54, 1.807) is 11.4 Å². The van der Waals surface area contributed by atoms with Crippen molar-refractivity contribution in [2.24, 2.45) is 0 Å². The number of rotatable bonds is 3. The first kappa shape index (κ1) is 16.9. The Morgan fingerprint density at radius 1 is 0.741 bits per heavy atom. The Bertz CT molecular complexity index is 1130. The maximum atomic E-state index is 12.2. The molecule has 0 unspecified atom stereocenters. The van der Waals surface area contributed by atoms with Crippen LogP contribution in [0, 0.1) is 0 Å². The highest BCUT2D eigenvalue weighted by Gasteiger charge is 2.14. The summed E-state index contributed by atoms with van der Waals surface area (Å²) in [6, 6.07) is 20.5. The van der Waals surface area contributed by atoms with Gasteiger partial charge < -0.3 is 0 Å². The highest BCUT2D eigenvalue weighted by Crippen LogP contribution is 2.23. The minimum Gasteiger partial charge on any atom is -0.266 e. The molecular formula is C20H14N4O2S. The molecule has 27 heavy (non-hydrogen) atoms. The van der Waals surface area contributed by atoms with Gasteiger partial charge in [-0.05, 0) is 12.1 Å². The summed E-state index contributed by atoms with van der Waals surface area (Å²) in [7, 11) is 0. The van der Waals surface area contributed by atoms with E-state index >= 15 is 0 Å². The maximum Gasteiger partial charge on any atom is 0.289 e. The molecule has 132 valence electrons. The molecule has 0 bridgehead atoms. The predicted molar refractivity (Wildman–Crippen MR) is 104 cm³/mol. The number of hydrogen-bond donors (Lipinski definition) is 2. The number of hydrazine groups is 1. The van der Waals surface area contributed by atoms with E-state index in [-0.39, 0.29) is 11.4 Å². The summed E-state index contributed by atoms with van der Waals surface area (Å²) in [5.41, 5.74) is 6.86. The molecule has 7 heteroatoms. The van der Waals surface area contributed by atoms with E-state index in [1.165, 1.54) is 11.3 Å². The van der Waals surface area contributed by atoms with E-state index in [0.717, 1.165) is 16.0 Å². The van der Waals surface area contributed by atoms with Crippen LogP contribution in [0.3, 0.4) is 0 Å². The van der Waals surface area contributed by atoms with Crippen LogP contribution in [-0.2, 0) is 0 Å². The summed E-state index contributed by atoms with van der Waals surface area (Å²) < 4.78 is 0. The van der Waals surface area contributed by atoms with Crippen LogP contribution in [-0.4, -0.2) is 21.8 Å². The zero-order chi connectivity index (χ0) is 18.6. The summed E-state index contributed by atoms with van der Waals surface area (Å²) in [5.74, 6) is -0.977. The minimum absolute atomic E-state index is 0.220. The number of pyridine rings is 1. The Morgan fingerprint density at radius 2 is 1.44 bits per heavy atom. The quantitative estimate of drug-likeness (QED) is 0.538. The summed E-state index contributed by atoms with van der Waals surface area (Å²) in [6.07, 6.45) is 0. The zero-order valence-corrected chi connectivity index (χ0v) is 14.9. The van der Waals surface area contributed by atoms with Gasteiger partial charge in [-0.3, -0.25) is 20.4 Å². The number of thiazole rings is 1. The Morgan fingerprint density at radius 3 is 2.26 bits per heavy atom. The summed E-state index contributed by atoms with van der Waals surface area (Å²) in [6.45, 7) is 0. The fraction of sp³-hybridized carbons (Fsp3) is 0. The highest BCUT2D eigenvalue weighted by molar-refractivity contribution is 7.13. The van der Waals surface area contributed by atoms with Gasteiger partial charge in [0, 0.05) is 16.3 Å². The van der Waals surface area contributed by atoms with Crippen molar-refractivity contribution in [2.75, 3.05) is 0 Å². The van der Waals surface area contributed by atoms with Crippen LogP contribution in [0.5, 0.6) is 0 Å². The molecule has 2 aromatic carbocycles. The number of amides is 2. The number of aromatic nitrogens is 2. The van der Waals surface area contributed by atoms with Gasteiger partial charge in [-0.25, -0.2) is 9.97 Å². The van der Waals surface area contributed by atoms with Crippen LogP contribution in [0.2, 0.25) is 0 Å². The average Bonchev–Trinajstić information content (AvgIpc) is 3.22. The van der Waals surface area contributed by atoms with E-state index in [2.05, 4.69) is 20.8 Å². The molecule has 0 spiro atoms. The van der Waals surface area contributed by atoms with Gasteiger partial charge in [0.05, 0.1) is 5.52 Å². The number of nitrogens with one attached hydrogen (secondary N) is 2. The molecule has 2 N–H and O–H groups in total. The Balaban J connectivity index is 1.42. The molecule has 0 aliphatic carbocycles. The van der Waals surface area contributed by atoms with Crippen molar-refractivity contribution in [1.82, 2.24) is 20.8 Å². The third-order valence-corrected chi connectivity index (χ3v) is 4.77. The maximum absolute atomic E-state index is 12.2. The van der Waals surface area contributed by atoms with Crippen LogP contribution in [0.25, 0.3) is 21.5 Å². The first-order valence-corrected chi connectivity index (χ1v) is 9.06. The lowest BCUT2D eigenvalue weighted by atomic mass is 10.2.